The van der Waals surface area contributed by atoms with Crippen molar-refractivity contribution in [3.63, 3.8) is 0 Å². The minimum atomic E-state index is -2.56. The van der Waals surface area contributed by atoms with Gasteiger partial charge in [0.2, 0.25) is 5.82 Å². The van der Waals surface area contributed by atoms with E-state index in [0.29, 0.717) is 25.1 Å². The number of rotatable bonds is 5. The highest BCUT2D eigenvalue weighted by atomic mass is 32.2. The Morgan fingerprint density at radius 1 is 1.44 bits per heavy atom. The van der Waals surface area contributed by atoms with Crippen LogP contribution in [-0.2, 0) is 16.1 Å². The molecular weight excluding hydrogens is 375 g/mol. The van der Waals surface area contributed by atoms with E-state index in [0.717, 1.165) is 11.1 Å². The maximum atomic E-state index is 13.4. The Morgan fingerprint density at radius 3 is 2.93 bits per heavy atom. The number of hydrogen-bond acceptors (Lipinski definition) is 8. The first kappa shape index (κ1) is 17.9. The molecule has 11 heteroatoms. The fourth-order valence-electron chi connectivity index (χ4n) is 3.35. The summed E-state index contributed by atoms with van der Waals surface area (Å²) in [7, 11) is -2.56. The fraction of sp³-hybridized carbons (Fsp3) is 0.438. The third kappa shape index (κ3) is 3.39. The SMILES string of the molecule is C[S@](=N)(=O)C1CC(Nc2nonc2C(=N[C@@H]2Cc3ccc(F)cc32)NO)C1. The molecule has 1 aromatic heterocycles. The third-order valence-electron chi connectivity index (χ3n) is 5.06. The molecule has 2 aliphatic rings. The number of fused-ring (bicyclic) bond motifs is 1. The van der Waals surface area contributed by atoms with Gasteiger partial charge in [-0.15, -0.1) is 0 Å². The fourth-order valence-corrected chi connectivity index (χ4v) is 4.54. The molecular formula is C16H19FN6O3S. The zero-order chi connectivity index (χ0) is 19.2. The van der Waals surface area contributed by atoms with Gasteiger partial charge >= 0.3 is 0 Å². The number of nitrogens with zero attached hydrogens (tertiary/aromatic N) is 3. The van der Waals surface area contributed by atoms with Crippen molar-refractivity contribution < 1.29 is 18.4 Å². The Balaban J connectivity index is 1.49. The predicted molar refractivity (Wildman–Crippen MR) is 95.8 cm³/mol. The second-order valence-electron chi connectivity index (χ2n) is 6.95. The monoisotopic (exact) mass is 394 g/mol. The molecule has 0 radical (unpaired) electrons. The van der Waals surface area contributed by atoms with Gasteiger partial charge in [0.1, 0.15) is 5.82 Å². The highest BCUT2D eigenvalue weighted by Gasteiger charge is 2.36. The van der Waals surface area contributed by atoms with Crippen LogP contribution in [0.25, 0.3) is 0 Å². The zero-order valence-corrected chi connectivity index (χ0v) is 15.3. The molecule has 0 unspecified atom stereocenters. The number of amidine groups is 1. The first-order valence-electron chi connectivity index (χ1n) is 8.43. The number of hydrogen-bond donors (Lipinski definition) is 4. The van der Waals surface area contributed by atoms with Gasteiger partial charge in [0, 0.05) is 27.3 Å². The number of nitrogens with one attached hydrogen (secondary N) is 3. The Bertz CT molecular complexity index is 999. The molecule has 1 heterocycles. The lowest BCUT2D eigenvalue weighted by molar-refractivity contribution is 0.232. The molecule has 0 amide bonds. The molecule has 1 aromatic carbocycles. The molecule has 0 bridgehead atoms. The van der Waals surface area contributed by atoms with E-state index in [1.165, 1.54) is 18.4 Å². The van der Waals surface area contributed by atoms with Crippen LogP contribution in [0.3, 0.4) is 0 Å². The van der Waals surface area contributed by atoms with E-state index in [2.05, 4.69) is 20.6 Å². The summed E-state index contributed by atoms with van der Waals surface area (Å²) in [6, 6.07) is 4.25. The van der Waals surface area contributed by atoms with Crippen molar-refractivity contribution in [2.45, 2.75) is 36.6 Å². The van der Waals surface area contributed by atoms with Gasteiger partial charge in [0.15, 0.2) is 11.5 Å². The molecule has 2 aliphatic carbocycles. The highest BCUT2D eigenvalue weighted by Crippen LogP contribution is 2.37. The molecule has 1 saturated carbocycles. The molecule has 0 aliphatic heterocycles. The highest BCUT2D eigenvalue weighted by molar-refractivity contribution is 7.92. The van der Waals surface area contributed by atoms with Gasteiger partial charge in [-0.2, -0.15) is 0 Å². The topological polar surface area (TPSA) is 136 Å². The van der Waals surface area contributed by atoms with Crippen molar-refractivity contribution in [1.82, 2.24) is 15.8 Å². The lowest BCUT2D eigenvalue weighted by Gasteiger charge is -2.35. The molecule has 2 atom stereocenters. The lowest BCUT2D eigenvalue weighted by Crippen LogP contribution is -2.43. The first-order chi connectivity index (χ1) is 12.8. The zero-order valence-electron chi connectivity index (χ0n) is 14.5. The summed E-state index contributed by atoms with van der Waals surface area (Å²) in [5, 5.41) is 20.0. The molecule has 4 N–H and O–H groups in total. The standard InChI is InChI=1S/C16H19FN6O3S/c1-27(18,25)11-6-10(7-11)19-16-14(22-26-23-16)15(21-24)20-13-4-8-2-3-9(17)5-12(8)13/h2-3,5,10-11,13,18,24H,4,6-7H2,1H3,(H,19,23)(H,20,21)/t10?,11?,13-,27+/m1/s1. The van der Waals surface area contributed by atoms with E-state index in [1.54, 1.807) is 6.07 Å². The quantitative estimate of drug-likeness (QED) is 0.345. The van der Waals surface area contributed by atoms with Gasteiger partial charge in [-0.25, -0.2) is 13.2 Å². The van der Waals surface area contributed by atoms with Crippen molar-refractivity contribution in [3.05, 3.63) is 40.8 Å². The molecule has 27 heavy (non-hydrogen) atoms. The molecule has 4 rings (SSSR count). The molecule has 0 spiro atoms. The van der Waals surface area contributed by atoms with Crippen LogP contribution in [0.2, 0.25) is 0 Å². The maximum absolute atomic E-state index is 13.4. The summed E-state index contributed by atoms with van der Waals surface area (Å²) >= 11 is 0. The predicted octanol–water partition coefficient (Wildman–Crippen LogP) is 1.85. The smallest absolute Gasteiger partial charge is 0.202 e. The number of halogens is 1. The largest absolute Gasteiger partial charge is 0.362 e. The van der Waals surface area contributed by atoms with Crippen LogP contribution in [-0.4, -0.2) is 43.1 Å². The molecule has 9 nitrogen and oxygen atoms in total. The van der Waals surface area contributed by atoms with Crippen molar-refractivity contribution in [2.75, 3.05) is 11.6 Å². The van der Waals surface area contributed by atoms with Gasteiger partial charge < -0.3 is 5.32 Å². The Labute approximate surface area is 155 Å². The summed E-state index contributed by atoms with van der Waals surface area (Å²) in [5.74, 6) is 0.0264. The summed E-state index contributed by atoms with van der Waals surface area (Å²) < 4.78 is 37.5. The summed E-state index contributed by atoms with van der Waals surface area (Å²) in [6.07, 6.45) is 3.24. The van der Waals surface area contributed by atoms with Gasteiger partial charge in [0.05, 0.1) is 6.04 Å². The van der Waals surface area contributed by atoms with Crippen LogP contribution in [0.5, 0.6) is 0 Å². The first-order valence-corrected chi connectivity index (χ1v) is 10.5. The van der Waals surface area contributed by atoms with Gasteiger partial charge in [0.25, 0.3) is 0 Å². The van der Waals surface area contributed by atoms with E-state index in [1.807, 2.05) is 5.48 Å². The molecule has 2 aromatic rings. The third-order valence-corrected chi connectivity index (χ3v) is 6.71. The second kappa shape index (κ2) is 6.57. The van der Waals surface area contributed by atoms with Crippen LogP contribution in [0.1, 0.15) is 35.7 Å². The van der Waals surface area contributed by atoms with Crippen molar-refractivity contribution in [3.8, 4) is 0 Å². The van der Waals surface area contributed by atoms with E-state index in [4.69, 9.17) is 9.41 Å². The van der Waals surface area contributed by atoms with Crippen molar-refractivity contribution >= 4 is 21.4 Å². The minimum Gasteiger partial charge on any atom is -0.362 e. The van der Waals surface area contributed by atoms with E-state index in [9.17, 15) is 13.8 Å². The van der Waals surface area contributed by atoms with E-state index < -0.39 is 9.73 Å². The van der Waals surface area contributed by atoms with Gasteiger partial charge in [-0.1, -0.05) is 6.07 Å². The van der Waals surface area contributed by atoms with Gasteiger partial charge in [-0.05, 0) is 52.8 Å². The molecule has 1 fully saturated rings. The molecule has 144 valence electrons. The average molecular weight is 394 g/mol. The summed E-state index contributed by atoms with van der Waals surface area (Å²) in [6.45, 7) is 0. The van der Waals surface area contributed by atoms with E-state index in [-0.39, 0.29) is 34.7 Å². The van der Waals surface area contributed by atoms with E-state index >= 15 is 0 Å². The molecule has 0 saturated heterocycles. The van der Waals surface area contributed by atoms with Crippen LogP contribution < -0.4 is 10.8 Å². The Morgan fingerprint density at radius 2 is 2.22 bits per heavy atom. The minimum absolute atomic E-state index is 0.00903. The summed E-state index contributed by atoms with van der Waals surface area (Å²) in [5.41, 5.74) is 3.99. The van der Waals surface area contributed by atoms with Crippen LogP contribution in [0.15, 0.2) is 27.8 Å². The average Bonchev–Trinajstić information content (AvgIpc) is 3.00. The van der Waals surface area contributed by atoms with Crippen LogP contribution in [0.4, 0.5) is 10.2 Å². The summed E-state index contributed by atoms with van der Waals surface area (Å²) in [4.78, 5) is 4.40. The van der Waals surface area contributed by atoms with Gasteiger partial charge in [-0.3, -0.25) is 20.5 Å². The number of benzene rings is 1. The maximum Gasteiger partial charge on any atom is 0.202 e. The normalized spacial score (nSPS) is 26.3. The van der Waals surface area contributed by atoms with Crippen LogP contribution >= 0.6 is 0 Å². The number of hydroxylamine groups is 1. The number of anilines is 1. The number of aromatic nitrogens is 2. The van der Waals surface area contributed by atoms with Crippen molar-refractivity contribution in [1.29, 1.82) is 4.78 Å². The van der Waals surface area contributed by atoms with Crippen LogP contribution in [0, 0.1) is 10.6 Å². The Hall–Kier alpha value is -2.53. The lowest BCUT2D eigenvalue weighted by atomic mass is 9.83. The second-order valence-corrected chi connectivity index (χ2v) is 9.43. The Kier molecular flexibility index (Phi) is 4.35. The number of aliphatic imine (C=N–C) groups is 1. The van der Waals surface area contributed by atoms with Crippen molar-refractivity contribution in [2.24, 2.45) is 4.99 Å².